The van der Waals surface area contributed by atoms with Crippen LogP contribution in [0.4, 0.5) is 5.13 Å². The minimum atomic E-state index is -0.0171. The lowest BCUT2D eigenvalue weighted by molar-refractivity contribution is 0.0376. The number of hydrogen-bond acceptors (Lipinski definition) is 5. The van der Waals surface area contributed by atoms with Crippen molar-refractivity contribution in [2.75, 3.05) is 44.3 Å². The highest BCUT2D eigenvalue weighted by molar-refractivity contribution is 7.22. The van der Waals surface area contributed by atoms with E-state index in [1.807, 2.05) is 66.4 Å². The molecular weight excluding hydrogens is 454 g/mol. The lowest BCUT2D eigenvalue weighted by Gasteiger charge is -2.28. The van der Waals surface area contributed by atoms with Crippen LogP contribution in [0, 0.1) is 6.92 Å². The molecule has 0 aliphatic carbocycles. The molecule has 0 atom stereocenters. The van der Waals surface area contributed by atoms with Crippen molar-refractivity contribution in [1.29, 1.82) is 0 Å². The number of rotatable bonds is 6. The predicted octanol–water partition coefficient (Wildman–Crippen LogP) is 5.78. The van der Waals surface area contributed by atoms with E-state index in [9.17, 15) is 4.79 Å². The Morgan fingerprint density at radius 1 is 1.15 bits per heavy atom. The number of halogens is 1. The Kier molecular flexibility index (Phi) is 6.60. The lowest BCUT2D eigenvalue weighted by atomic mass is 10.0. The van der Waals surface area contributed by atoms with E-state index in [0.29, 0.717) is 17.1 Å². The number of ether oxygens (including phenoxy) is 1. The van der Waals surface area contributed by atoms with E-state index in [4.69, 9.17) is 21.3 Å². The minimum absolute atomic E-state index is 0.0171. The Labute approximate surface area is 202 Å². The highest BCUT2D eigenvalue weighted by Crippen LogP contribution is 2.34. The number of hydrogen-bond donors (Lipinski definition) is 0. The molecule has 1 saturated heterocycles. The van der Waals surface area contributed by atoms with Gasteiger partial charge in [-0.2, -0.15) is 0 Å². The van der Waals surface area contributed by atoms with Crippen molar-refractivity contribution in [1.82, 2.24) is 9.88 Å². The largest absolute Gasteiger partial charge is 0.379 e. The third-order valence-corrected chi connectivity index (χ3v) is 7.34. The molecule has 1 aromatic heterocycles. The molecule has 3 aromatic carbocycles. The Morgan fingerprint density at radius 2 is 1.94 bits per heavy atom. The molecule has 1 amide bonds. The first kappa shape index (κ1) is 22.3. The van der Waals surface area contributed by atoms with Crippen molar-refractivity contribution in [3.8, 4) is 0 Å². The van der Waals surface area contributed by atoms with E-state index in [2.05, 4.69) is 4.90 Å². The van der Waals surface area contributed by atoms with Crippen LogP contribution in [0.15, 0.2) is 54.6 Å². The summed E-state index contributed by atoms with van der Waals surface area (Å²) in [6, 6.07) is 17.8. The molecule has 1 fully saturated rings. The van der Waals surface area contributed by atoms with Gasteiger partial charge >= 0.3 is 0 Å². The quantitative estimate of drug-likeness (QED) is 0.351. The van der Waals surface area contributed by atoms with Crippen molar-refractivity contribution >= 4 is 55.0 Å². The minimum Gasteiger partial charge on any atom is -0.379 e. The molecule has 170 valence electrons. The number of aryl methyl sites for hydroxylation is 1. The average molecular weight is 480 g/mol. The number of morpholine rings is 1. The van der Waals surface area contributed by atoms with Crippen molar-refractivity contribution in [2.45, 2.75) is 13.3 Å². The van der Waals surface area contributed by atoms with Crippen molar-refractivity contribution < 1.29 is 9.53 Å². The summed E-state index contributed by atoms with van der Waals surface area (Å²) >= 11 is 7.81. The number of aromatic nitrogens is 1. The summed E-state index contributed by atoms with van der Waals surface area (Å²) in [5, 5.41) is 3.43. The fraction of sp³-hybridized carbons (Fsp3) is 0.308. The summed E-state index contributed by atoms with van der Waals surface area (Å²) in [6.45, 7) is 6.97. The molecular formula is C26H26ClN3O2S. The van der Waals surface area contributed by atoms with Crippen LogP contribution >= 0.6 is 22.9 Å². The van der Waals surface area contributed by atoms with Gasteiger partial charge in [-0.3, -0.25) is 14.6 Å². The summed E-state index contributed by atoms with van der Waals surface area (Å²) in [7, 11) is 0. The molecule has 5 nitrogen and oxygen atoms in total. The zero-order chi connectivity index (χ0) is 22.8. The number of benzene rings is 3. The van der Waals surface area contributed by atoms with Crippen LogP contribution in [-0.4, -0.2) is 55.2 Å². The molecule has 0 spiro atoms. The lowest BCUT2D eigenvalue weighted by Crippen LogP contribution is -2.39. The molecule has 1 aliphatic heterocycles. The monoisotopic (exact) mass is 479 g/mol. The number of anilines is 1. The molecule has 0 saturated carbocycles. The predicted molar refractivity (Wildman–Crippen MR) is 137 cm³/mol. The van der Waals surface area contributed by atoms with Crippen LogP contribution in [0.3, 0.4) is 0 Å². The number of fused-ring (bicyclic) bond motifs is 2. The molecule has 4 aromatic rings. The summed E-state index contributed by atoms with van der Waals surface area (Å²) in [6.07, 6.45) is 0.867. The summed E-state index contributed by atoms with van der Waals surface area (Å²) in [5.74, 6) is -0.0171. The Balaban J connectivity index is 1.49. The van der Waals surface area contributed by atoms with Crippen molar-refractivity contribution in [3.63, 3.8) is 0 Å². The van der Waals surface area contributed by atoms with Gasteiger partial charge in [-0.1, -0.05) is 59.3 Å². The van der Waals surface area contributed by atoms with Gasteiger partial charge in [-0.05, 0) is 47.9 Å². The van der Waals surface area contributed by atoms with Crippen molar-refractivity contribution in [2.24, 2.45) is 0 Å². The van der Waals surface area contributed by atoms with Gasteiger partial charge in [0.2, 0.25) is 0 Å². The fourth-order valence-corrected chi connectivity index (χ4v) is 5.82. The fourth-order valence-electron chi connectivity index (χ4n) is 4.38. The van der Waals surface area contributed by atoms with Gasteiger partial charge in [0.1, 0.15) is 0 Å². The maximum absolute atomic E-state index is 13.9. The third kappa shape index (κ3) is 4.75. The van der Waals surface area contributed by atoms with Gasteiger partial charge in [-0.25, -0.2) is 4.98 Å². The van der Waals surface area contributed by atoms with Crippen LogP contribution < -0.4 is 4.90 Å². The molecule has 0 bridgehead atoms. The van der Waals surface area contributed by atoms with E-state index >= 15 is 0 Å². The number of thiazole rings is 1. The van der Waals surface area contributed by atoms with Gasteiger partial charge in [0, 0.05) is 36.8 Å². The zero-order valence-electron chi connectivity index (χ0n) is 18.6. The van der Waals surface area contributed by atoms with E-state index in [0.717, 1.165) is 71.0 Å². The second-order valence-electron chi connectivity index (χ2n) is 8.36. The van der Waals surface area contributed by atoms with E-state index in [1.165, 1.54) is 11.3 Å². The SMILES string of the molecule is Cc1cc(Cl)cc2sc(N(CCCN3CCOCC3)C(=O)c3cccc4ccccc34)nc12. The molecule has 1 aliphatic rings. The van der Waals surface area contributed by atoms with Gasteiger partial charge in [-0.15, -0.1) is 0 Å². The van der Waals surface area contributed by atoms with Crippen molar-refractivity contribution in [3.05, 3.63) is 70.7 Å². The zero-order valence-corrected chi connectivity index (χ0v) is 20.2. The van der Waals surface area contributed by atoms with Gasteiger partial charge in [0.15, 0.2) is 5.13 Å². The highest BCUT2D eigenvalue weighted by atomic mass is 35.5. The van der Waals surface area contributed by atoms with Crippen LogP contribution in [0.1, 0.15) is 22.3 Å². The van der Waals surface area contributed by atoms with E-state index in [1.54, 1.807) is 0 Å². The summed E-state index contributed by atoms with van der Waals surface area (Å²) in [4.78, 5) is 23.0. The van der Waals surface area contributed by atoms with Crippen LogP contribution in [0.2, 0.25) is 5.02 Å². The number of amides is 1. The van der Waals surface area contributed by atoms with Gasteiger partial charge < -0.3 is 4.74 Å². The molecule has 0 unspecified atom stereocenters. The number of carbonyl (C=O) groups excluding carboxylic acids is 1. The Hall–Kier alpha value is -2.51. The smallest absolute Gasteiger partial charge is 0.260 e. The molecule has 2 heterocycles. The van der Waals surface area contributed by atoms with E-state index < -0.39 is 0 Å². The number of carbonyl (C=O) groups is 1. The van der Waals surface area contributed by atoms with Crippen LogP contribution in [0.25, 0.3) is 21.0 Å². The van der Waals surface area contributed by atoms with Gasteiger partial charge in [0.25, 0.3) is 5.91 Å². The molecule has 7 heteroatoms. The molecule has 0 radical (unpaired) electrons. The topological polar surface area (TPSA) is 45.7 Å². The summed E-state index contributed by atoms with van der Waals surface area (Å²) < 4.78 is 6.46. The molecule has 5 rings (SSSR count). The Morgan fingerprint density at radius 3 is 2.79 bits per heavy atom. The summed E-state index contributed by atoms with van der Waals surface area (Å²) in [5.41, 5.74) is 2.63. The maximum Gasteiger partial charge on any atom is 0.260 e. The molecule has 0 N–H and O–H groups in total. The second-order valence-corrected chi connectivity index (χ2v) is 9.80. The Bertz CT molecular complexity index is 1290. The maximum atomic E-state index is 13.9. The first-order chi connectivity index (χ1) is 16.1. The standard InChI is InChI=1S/C26H26ClN3O2S/c1-18-16-20(27)17-23-24(18)28-26(33-23)30(11-5-10-29-12-14-32-15-13-29)25(31)22-9-4-7-19-6-2-3-8-21(19)22/h2-4,6-9,16-17H,5,10-15H2,1H3. The molecule has 33 heavy (non-hydrogen) atoms. The highest BCUT2D eigenvalue weighted by Gasteiger charge is 2.23. The van der Waals surface area contributed by atoms with Gasteiger partial charge in [0.05, 0.1) is 23.4 Å². The van der Waals surface area contributed by atoms with Crippen LogP contribution in [-0.2, 0) is 4.74 Å². The third-order valence-electron chi connectivity index (χ3n) is 6.09. The van der Waals surface area contributed by atoms with Crippen LogP contribution in [0.5, 0.6) is 0 Å². The normalized spacial score (nSPS) is 14.7. The van der Waals surface area contributed by atoms with E-state index in [-0.39, 0.29) is 5.91 Å². The average Bonchev–Trinajstić information content (AvgIpc) is 3.26. The first-order valence-electron chi connectivity index (χ1n) is 11.3. The first-order valence-corrected chi connectivity index (χ1v) is 12.5. The number of nitrogens with zero attached hydrogens (tertiary/aromatic N) is 3. The second kappa shape index (κ2) is 9.77.